The molecule has 2 heterocycles. The second kappa shape index (κ2) is 7.99. The molecule has 6 nitrogen and oxygen atoms in total. The minimum atomic E-state index is -0.502. The first-order valence-corrected chi connectivity index (χ1v) is 9.26. The third-order valence-corrected chi connectivity index (χ3v) is 5.13. The molecule has 26 heavy (non-hydrogen) atoms. The molecule has 0 saturated carbocycles. The van der Waals surface area contributed by atoms with Crippen LogP contribution < -0.4 is 4.90 Å². The maximum Gasteiger partial charge on any atom is 0.253 e. The van der Waals surface area contributed by atoms with Gasteiger partial charge >= 0.3 is 0 Å². The van der Waals surface area contributed by atoms with Crippen molar-refractivity contribution < 1.29 is 19.1 Å². The Morgan fingerprint density at radius 2 is 1.92 bits per heavy atom. The smallest absolute Gasteiger partial charge is 0.253 e. The molecule has 140 valence electrons. The van der Waals surface area contributed by atoms with Gasteiger partial charge in [0.05, 0.1) is 13.1 Å². The van der Waals surface area contributed by atoms with E-state index >= 15 is 0 Å². The van der Waals surface area contributed by atoms with Gasteiger partial charge in [0.2, 0.25) is 5.91 Å². The standard InChI is InChI=1S/C20H26N2O4/c1-16(23)7-5-10-18(24)21-12-6-11-20(14-21)15-22(19(25)13-26-20)17-8-3-2-4-9-17/h2-4,8-9H,5-7,10-15H2,1H3. The molecule has 6 heteroatoms. The fourth-order valence-corrected chi connectivity index (χ4v) is 3.76. The Bertz CT molecular complexity index is 676. The van der Waals surface area contributed by atoms with Crippen molar-refractivity contribution in [2.45, 2.75) is 44.6 Å². The van der Waals surface area contributed by atoms with Gasteiger partial charge in [0.1, 0.15) is 18.0 Å². The van der Waals surface area contributed by atoms with E-state index in [9.17, 15) is 14.4 Å². The molecule has 1 aromatic carbocycles. The number of carbonyl (C=O) groups excluding carboxylic acids is 3. The first-order valence-electron chi connectivity index (χ1n) is 9.26. The summed E-state index contributed by atoms with van der Waals surface area (Å²) in [6, 6.07) is 9.59. The quantitative estimate of drug-likeness (QED) is 0.809. The Labute approximate surface area is 154 Å². The van der Waals surface area contributed by atoms with Crippen LogP contribution in [0.2, 0.25) is 0 Å². The van der Waals surface area contributed by atoms with Crippen molar-refractivity contribution >= 4 is 23.3 Å². The fourth-order valence-electron chi connectivity index (χ4n) is 3.76. The number of piperidine rings is 1. The monoisotopic (exact) mass is 358 g/mol. The summed E-state index contributed by atoms with van der Waals surface area (Å²) in [4.78, 5) is 39.5. The molecule has 1 spiro atoms. The van der Waals surface area contributed by atoms with Crippen LogP contribution in [0.5, 0.6) is 0 Å². The Balaban J connectivity index is 1.66. The molecule has 2 amide bonds. The lowest BCUT2D eigenvalue weighted by Crippen LogP contribution is -2.62. The number of hydrogen-bond acceptors (Lipinski definition) is 4. The lowest BCUT2D eigenvalue weighted by molar-refractivity contribution is -0.153. The largest absolute Gasteiger partial charge is 0.361 e. The van der Waals surface area contributed by atoms with Crippen molar-refractivity contribution in [3.63, 3.8) is 0 Å². The predicted octanol–water partition coefficient (Wildman–Crippen LogP) is 2.17. The maximum absolute atomic E-state index is 12.5. The topological polar surface area (TPSA) is 66.9 Å². The van der Waals surface area contributed by atoms with E-state index in [0.717, 1.165) is 18.5 Å². The van der Waals surface area contributed by atoms with Gasteiger partial charge < -0.3 is 19.3 Å². The number of para-hydroxylation sites is 1. The van der Waals surface area contributed by atoms with Crippen LogP contribution in [0.1, 0.15) is 39.0 Å². The number of benzene rings is 1. The normalized spacial score (nSPS) is 23.3. The summed E-state index contributed by atoms with van der Waals surface area (Å²) in [7, 11) is 0. The number of Topliss-reactive ketones (excluding diaryl/α,β-unsaturated/α-hetero) is 1. The van der Waals surface area contributed by atoms with Crippen molar-refractivity contribution in [2.75, 3.05) is 31.1 Å². The number of anilines is 1. The summed E-state index contributed by atoms with van der Waals surface area (Å²) >= 11 is 0. The Hall–Kier alpha value is -2.21. The summed E-state index contributed by atoms with van der Waals surface area (Å²) < 4.78 is 5.95. The average Bonchev–Trinajstić information content (AvgIpc) is 2.64. The van der Waals surface area contributed by atoms with Crippen LogP contribution in [-0.4, -0.2) is 54.3 Å². The zero-order chi connectivity index (χ0) is 18.6. The molecule has 1 aromatic rings. The fraction of sp³-hybridized carbons (Fsp3) is 0.550. The molecule has 0 aliphatic carbocycles. The molecule has 1 unspecified atom stereocenters. The molecule has 0 bridgehead atoms. The highest BCUT2D eigenvalue weighted by atomic mass is 16.5. The van der Waals surface area contributed by atoms with E-state index in [-0.39, 0.29) is 24.2 Å². The third-order valence-electron chi connectivity index (χ3n) is 5.13. The molecule has 2 fully saturated rings. The van der Waals surface area contributed by atoms with Gasteiger partial charge in [0, 0.05) is 25.1 Å². The summed E-state index contributed by atoms with van der Waals surface area (Å²) in [6.45, 7) is 3.27. The number of ketones is 1. The van der Waals surface area contributed by atoms with E-state index in [4.69, 9.17) is 4.74 Å². The molecular weight excluding hydrogens is 332 g/mol. The number of ether oxygens (including phenoxy) is 1. The van der Waals surface area contributed by atoms with Gasteiger partial charge in [-0.3, -0.25) is 9.59 Å². The minimum Gasteiger partial charge on any atom is -0.361 e. The van der Waals surface area contributed by atoms with E-state index in [1.165, 1.54) is 0 Å². The molecule has 2 aliphatic rings. The van der Waals surface area contributed by atoms with E-state index in [1.807, 2.05) is 35.2 Å². The first-order chi connectivity index (χ1) is 12.5. The predicted molar refractivity (Wildman–Crippen MR) is 97.8 cm³/mol. The minimum absolute atomic E-state index is 0.0429. The van der Waals surface area contributed by atoms with Crippen LogP contribution in [0.4, 0.5) is 5.69 Å². The Kier molecular flexibility index (Phi) is 5.71. The van der Waals surface area contributed by atoms with E-state index in [2.05, 4.69) is 0 Å². The van der Waals surface area contributed by atoms with Crippen molar-refractivity contribution in [1.82, 2.24) is 4.90 Å². The first kappa shape index (κ1) is 18.6. The zero-order valence-corrected chi connectivity index (χ0v) is 15.3. The number of nitrogens with zero attached hydrogens (tertiary/aromatic N) is 2. The van der Waals surface area contributed by atoms with E-state index < -0.39 is 5.60 Å². The lowest BCUT2D eigenvalue weighted by Gasteiger charge is -2.47. The number of carbonyl (C=O) groups is 3. The van der Waals surface area contributed by atoms with Gasteiger partial charge in [-0.1, -0.05) is 18.2 Å². The molecule has 0 aromatic heterocycles. The Morgan fingerprint density at radius 3 is 2.65 bits per heavy atom. The van der Waals surface area contributed by atoms with Crippen LogP contribution in [0, 0.1) is 0 Å². The van der Waals surface area contributed by atoms with Crippen LogP contribution >= 0.6 is 0 Å². The average molecular weight is 358 g/mol. The van der Waals surface area contributed by atoms with Crippen LogP contribution in [0.15, 0.2) is 30.3 Å². The van der Waals surface area contributed by atoms with Gasteiger partial charge in [-0.05, 0) is 38.3 Å². The highest BCUT2D eigenvalue weighted by Gasteiger charge is 2.44. The molecule has 0 radical (unpaired) electrons. The van der Waals surface area contributed by atoms with Crippen molar-refractivity contribution in [3.8, 4) is 0 Å². The highest BCUT2D eigenvalue weighted by Crippen LogP contribution is 2.32. The molecular formula is C20H26N2O4. The van der Waals surface area contributed by atoms with Crippen molar-refractivity contribution in [2.24, 2.45) is 0 Å². The maximum atomic E-state index is 12.5. The van der Waals surface area contributed by atoms with Gasteiger partial charge in [0.25, 0.3) is 5.91 Å². The number of likely N-dealkylation sites (tertiary alicyclic amines) is 1. The van der Waals surface area contributed by atoms with Gasteiger partial charge in [-0.2, -0.15) is 0 Å². The molecule has 3 rings (SSSR count). The number of amides is 2. The van der Waals surface area contributed by atoms with Crippen LogP contribution in [0.25, 0.3) is 0 Å². The van der Waals surface area contributed by atoms with Gasteiger partial charge in [0.15, 0.2) is 0 Å². The summed E-state index contributed by atoms with van der Waals surface area (Å²) in [5, 5.41) is 0. The molecule has 0 N–H and O–H groups in total. The molecule has 2 aliphatic heterocycles. The van der Waals surface area contributed by atoms with E-state index in [1.54, 1.807) is 11.8 Å². The van der Waals surface area contributed by atoms with Crippen molar-refractivity contribution in [1.29, 1.82) is 0 Å². The summed E-state index contributed by atoms with van der Waals surface area (Å²) in [5.41, 5.74) is 0.364. The van der Waals surface area contributed by atoms with Gasteiger partial charge in [-0.25, -0.2) is 0 Å². The second-order valence-electron chi connectivity index (χ2n) is 7.26. The van der Waals surface area contributed by atoms with Crippen LogP contribution in [0.3, 0.4) is 0 Å². The van der Waals surface area contributed by atoms with Crippen LogP contribution in [-0.2, 0) is 19.1 Å². The summed E-state index contributed by atoms with van der Waals surface area (Å²) in [5.74, 6) is 0.129. The number of rotatable bonds is 5. The molecule has 2 saturated heterocycles. The van der Waals surface area contributed by atoms with Crippen molar-refractivity contribution in [3.05, 3.63) is 30.3 Å². The zero-order valence-electron chi connectivity index (χ0n) is 15.3. The van der Waals surface area contributed by atoms with E-state index in [0.29, 0.717) is 38.9 Å². The second-order valence-corrected chi connectivity index (χ2v) is 7.26. The third kappa shape index (κ3) is 4.30. The SMILES string of the molecule is CC(=O)CCCC(=O)N1CCCC2(C1)CN(c1ccccc1)C(=O)CO2. The number of morpholine rings is 1. The lowest BCUT2D eigenvalue weighted by atomic mass is 9.90. The highest BCUT2D eigenvalue weighted by molar-refractivity contribution is 5.95. The summed E-state index contributed by atoms with van der Waals surface area (Å²) in [6.07, 6.45) is 3.11. The molecule has 1 atom stereocenters. The number of hydrogen-bond donors (Lipinski definition) is 0. The van der Waals surface area contributed by atoms with Gasteiger partial charge in [-0.15, -0.1) is 0 Å². The Morgan fingerprint density at radius 1 is 1.15 bits per heavy atom.